The van der Waals surface area contributed by atoms with Crippen LogP contribution in [0.5, 0.6) is 5.75 Å². The van der Waals surface area contributed by atoms with Gasteiger partial charge in [0.1, 0.15) is 17.6 Å². The summed E-state index contributed by atoms with van der Waals surface area (Å²) in [5, 5.41) is 0. The van der Waals surface area contributed by atoms with Crippen LogP contribution in [0, 0.1) is 0 Å². The minimum Gasteiger partial charge on any atom is -0.494 e. The Labute approximate surface area is 175 Å². The van der Waals surface area contributed by atoms with E-state index in [9.17, 15) is 8.78 Å². The lowest BCUT2D eigenvalue weighted by atomic mass is 10.3. The molecule has 1 aromatic carbocycles. The van der Waals surface area contributed by atoms with Gasteiger partial charge < -0.3 is 14.4 Å². The first-order valence-corrected chi connectivity index (χ1v) is 9.56. The van der Waals surface area contributed by atoms with E-state index in [0.29, 0.717) is 49.0 Å². The molecule has 0 unspecified atom stereocenters. The predicted octanol–water partition coefficient (Wildman–Crippen LogP) is 2.18. The van der Waals surface area contributed by atoms with Gasteiger partial charge in [0.15, 0.2) is 5.82 Å². The molecule has 5 rings (SSSR count). The van der Waals surface area contributed by atoms with Gasteiger partial charge in [-0.3, -0.25) is 9.13 Å². The molecule has 4 aromatic rings. The molecule has 0 amide bonds. The number of nitrogens with zero attached hydrogens (tertiary/aromatic N) is 8. The molecule has 12 heteroatoms. The van der Waals surface area contributed by atoms with Crippen LogP contribution in [-0.4, -0.2) is 67.5 Å². The second kappa shape index (κ2) is 7.87. The summed E-state index contributed by atoms with van der Waals surface area (Å²) >= 11 is 0. The number of hydrogen-bond donors (Lipinski definition) is 0. The van der Waals surface area contributed by atoms with E-state index in [4.69, 9.17) is 9.47 Å². The van der Waals surface area contributed by atoms with Crippen LogP contribution < -0.4 is 9.64 Å². The average molecular weight is 428 g/mol. The lowest BCUT2D eigenvalue weighted by Gasteiger charge is -2.27. The number of rotatable bonds is 5. The highest BCUT2D eigenvalue weighted by Crippen LogP contribution is 2.32. The van der Waals surface area contributed by atoms with E-state index < -0.39 is 12.2 Å². The summed E-state index contributed by atoms with van der Waals surface area (Å²) in [6.45, 7) is 2.20. The molecule has 160 valence electrons. The highest BCUT2D eigenvalue weighted by atomic mass is 19.3. The number of imidazole rings is 2. The molecule has 1 aliphatic rings. The van der Waals surface area contributed by atoms with Gasteiger partial charge in [0.25, 0.3) is 6.43 Å². The predicted molar refractivity (Wildman–Crippen MR) is 106 cm³/mol. The lowest BCUT2D eigenvalue weighted by Crippen LogP contribution is -2.37. The van der Waals surface area contributed by atoms with Gasteiger partial charge in [-0.1, -0.05) is 6.07 Å². The Morgan fingerprint density at radius 3 is 2.52 bits per heavy atom. The molecule has 1 aliphatic heterocycles. The third-order valence-electron chi connectivity index (χ3n) is 4.92. The van der Waals surface area contributed by atoms with E-state index in [1.165, 1.54) is 18.0 Å². The van der Waals surface area contributed by atoms with Crippen LogP contribution in [-0.2, 0) is 4.74 Å². The maximum Gasteiger partial charge on any atom is 0.296 e. The lowest BCUT2D eigenvalue weighted by molar-refractivity contribution is 0.122. The van der Waals surface area contributed by atoms with E-state index in [2.05, 4.69) is 24.9 Å². The van der Waals surface area contributed by atoms with E-state index in [1.54, 1.807) is 35.2 Å². The summed E-state index contributed by atoms with van der Waals surface area (Å²) in [4.78, 5) is 23.6. The number of para-hydroxylation sites is 1. The molecule has 10 nitrogen and oxygen atoms in total. The van der Waals surface area contributed by atoms with Crippen molar-refractivity contribution in [2.45, 2.75) is 6.43 Å². The van der Waals surface area contributed by atoms with Crippen LogP contribution in [0.1, 0.15) is 12.2 Å². The normalized spacial score (nSPS) is 14.5. The van der Waals surface area contributed by atoms with Crippen molar-refractivity contribution in [2.24, 2.45) is 0 Å². The van der Waals surface area contributed by atoms with Crippen LogP contribution in [0.3, 0.4) is 0 Å². The van der Waals surface area contributed by atoms with Gasteiger partial charge in [0.05, 0.1) is 25.8 Å². The molecule has 1 saturated heterocycles. The number of morpholine rings is 1. The topological polar surface area (TPSA) is 96.0 Å². The third kappa shape index (κ3) is 3.44. The fraction of sp³-hybridized carbons (Fsp3) is 0.316. The zero-order chi connectivity index (χ0) is 21.4. The maximum atomic E-state index is 14.0. The van der Waals surface area contributed by atoms with Crippen LogP contribution in [0.4, 0.5) is 14.7 Å². The molecule has 0 saturated carbocycles. The van der Waals surface area contributed by atoms with Gasteiger partial charge in [-0.15, -0.1) is 0 Å². The van der Waals surface area contributed by atoms with Crippen molar-refractivity contribution >= 4 is 17.0 Å². The molecule has 31 heavy (non-hydrogen) atoms. The Bertz CT molecular complexity index is 1210. The molecule has 0 spiro atoms. The highest BCUT2D eigenvalue weighted by Gasteiger charge is 2.25. The number of methoxy groups -OCH3 is 1. The first-order chi connectivity index (χ1) is 15.2. The summed E-state index contributed by atoms with van der Waals surface area (Å²) < 4.78 is 41.5. The maximum absolute atomic E-state index is 14.0. The first-order valence-electron chi connectivity index (χ1n) is 9.56. The molecular weight excluding hydrogens is 410 g/mol. The Hall–Kier alpha value is -3.67. The van der Waals surface area contributed by atoms with E-state index in [-0.39, 0.29) is 11.9 Å². The van der Waals surface area contributed by atoms with Crippen LogP contribution >= 0.6 is 0 Å². The Kier molecular flexibility index (Phi) is 4.90. The average Bonchev–Trinajstić information content (AvgIpc) is 3.47. The Morgan fingerprint density at radius 1 is 1.03 bits per heavy atom. The van der Waals surface area contributed by atoms with E-state index in [0.717, 1.165) is 0 Å². The molecule has 1 fully saturated rings. The number of fused-ring (bicyclic) bond motifs is 1. The fourth-order valence-electron chi connectivity index (χ4n) is 3.45. The molecule has 0 radical (unpaired) electrons. The number of hydrogen-bond acceptors (Lipinski definition) is 8. The third-order valence-corrected chi connectivity index (χ3v) is 4.92. The molecule has 0 bridgehead atoms. The second-order valence-electron chi connectivity index (χ2n) is 6.74. The zero-order valence-electron chi connectivity index (χ0n) is 16.5. The van der Waals surface area contributed by atoms with Gasteiger partial charge in [0, 0.05) is 25.5 Å². The van der Waals surface area contributed by atoms with Crippen molar-refractivity contribution in [2.75, 3.05) is 38.3 Å². The minimum absolute atomic E-state index is 0.0336. The SMILES string of the molecule is COc1cccc2c1nc(C(F)F)n2-c1nc(N2CCOCC2)nc(-n2ccnc2)n1. The quantitative estimate of drug-likeness (QED) is 0.477. The van der Waals surface area contributed by atoms with Crippen molar-refractivity contribution in [1.82, 2.24) is 34.1 Å². The van der Waals surface area contributed by atoms with E-state index in [1.807, 2.05) is 4.90 Å². The summed E-state index contributed by atoms with van der Waals surface area (Å²) in [5.74, 6) is 0.563. The van der Waals surface area contributed by atoms with E-state index >= 15 is 0 Å². The summed E-state index contributed by atoms with van der Waals surface area (Å²) in [5.41, 5.74) is 0.711. The van der Waals surface area contributed by atoms with Gasteiger partial charge in [0.2, 0.25) is 17.8 Å². The number of benzene rings is 1. The monoisotopic (exact) mass is 428 g/mol. The molecule has 0 aliphatic carbocycles. The van der Waals surface area contributed by atoms with Crippen LogP contribution in [0.25, 0.3) is 22.9 Å². The van der Waals surface area contributed by atoms with Gasteiger partial charge in [-0.05, 0) is 12.1 Å². The summed E-state index contributed by atoms with van der Waals surface area (Å²) in [6, 6.07) is 5.04. The number of ether oxygens (including phenoxy) is 2. The molecule has 4 heterocycles. The number of halogens is 2. The molecule has 0 N–H and O–H groups in total. The molecular formula is C19H18F2N8O2. The van der Waals surface area contributed by atoms with Crippen molar-refractivity contribution < 1.29 is 18.3 Å². The second-order valence-corrected chi connectivity index (χ2v) is 6.74. The van der Waals surface area contributed by atoms with Crippen molar-refractivity contribution in [1.29, 1.82) is 0 Å². The number of alkyl halides is 2. The summed E-state index contributed by atoms with van der Waals surface area (Å²) in [7, 11) is 1.46. The van der Waals surface area contributed by atoms with Crippen molar-refractivity contribution in [3.05, 3.63) is 42.7 Å². The Morgan fingerprint density at radius 2 is 1.81 bits per heavy atom. The summed E-state index contributed by atoms with van der Waals surface area (Å²) in [6.07, 6.45) is 1.94. The smallest absolute Gasteiger partial charge is 0.296 e. The van der Waals surface area contributed by atoms with Gasteiger partial charge in [-0.2, -0.15) is 15.0 Å². The Balaban J connectivity index is 1.75. The number of anilines is 1. The number of aromatic nitrogens is 7. The van der Waals surface area contributed by atoms with Crippen LogP contribution in [0.2, 0.25) is 0 Å². The fourth-order valence-corrected chi connectivity index (χ4v) is 3.45. The minimum atomic E-state index is -2.85. The van der Waals surface area contributed by atoms with Crippen molar-refractivity contribution in [3.8, 4) is 17.6 Å². The zero-order valence-corrected chi connectivity index (χ0v) is 16.5. The first kappa shape index (κ1) is 19.3. The molecule has 3 aromatic heterocycles. The highest BCUT2D eigenvalue weighted by molar-refractivity contribution is 5.84. The largest absolute Gasteiger partial charge is 0.494 e. The van der Waals surface area contributed by atoms with Crippen LogP contribution in [0.15, 0.2) is 36.9 Å². The molecule has 0 atom stereocenters. The standard InChI is InChI=1S/C19H18F2N8O2/c1-30-13-4-2-3-12-14(13)23-16(15(20)21)29(12)19-25-17(27-7-9-31-10-8-27)24-18(26-19)28-6-5-22-11-28/h2-6,11,15H,7-10H2,1H3. The van der Waals surface area contributed by atoms with Gasteiger partial charge >= 0.3 is 0 Å². The van der Waals surface area contributed by atoms with Crippen molar-refractivity contribution in [3.63, 3.8) is 0 Å². The van der Waals surface area contributed by atoms with Gasteiger partial charge in [-0.25, -0.2) is 18.7 Å².